The number of aliphatic hydroxyl groups excluding tert-OH is 2. The molecule has 3 N–H and O–H groups in total. The fourth-order valence-electron chi connectivity index (χ4n) is 4.38. The number of aliphatic hydroxyl groups is 2. The normalized spacial score (nSPS) is 23.5. The van der Waals surface area contributed by atoms with Crippen molar-refractivity contribution in [2.24, 2.45) is 0 Å². The van der Waals surface area contributed by atoms with E-state index < -0.39 is 24.6 Å². The minimum absolute atomic E-state index is 0.175. The first-order chi connectivity index (χ1) is 17.0. The Labute approximate surface area is 200 Å². The highest BCUT2D eigenvalue weighted by Gasteiger charge is 2.48. The molecular formula is C25H27FN2O7. The lowest BCUT2D eigenvalue weighted by Crippen LogP contribution is -2.34. The molecule has 5 rings (SSSR count). The van der Waals surface area contributed by atoms with Crippen LogP contribution in [0.2, 0.25) is 0 Å². The van der Waals surface area contributed by atoms with E-state index in [1.54, 1.807) is 30.3 Å². The standard InChI is InChI=1S/C25H27FN2O7/c26-17-9-18-19(10-22(27-18)35-21-13-34-24-20(31)12-33-25(21)24)28-23(17)14-4-6-16(7-5-14)32-8-2-1-3-15(30)11-29/h4-7,9-10,20-21,24-25,27,29,31H,1-3,8,11-13H2/t20-,21-,24-,25-/m1/s1. The number of H-pyrrole nitrogens is 1. The van der Waals surface area contributed by atoms with Gasteiger partial charge in [-0.2, -0.15) is 0 Å². The summed E-state index contributed by atoms with van der Waals surface area (Å²) in [6.45, 7) is 0.532. The van der Waals surface area contributed by atoms with E-state index in [0.29, 0.717) is 60.7 Å². The van der Waals surface area contributed by atoms with Gasteiger partial charge in [-0.3, -0.25) is 4.79 Å². The zero-order chi connectivity index (χ0) is 24.4. The number of aromatic amines is 1. The predicted octanol–water partition coefficient (Wildman–Crippen LogP) is 2.39. The van der Waals surface area contributed by atoms with Gasteiger partial charge in [-0.15, -0.1) is 0 Å². The Kier molecular flexibility index (Phi) is 6.96. The molecule has 35 heavy (non-hydrogen) atoms. The molecule has 186 valence electrons. The van der Waals surface area contributed by atoms with Crippen LogP contribution in [0, 0.1) is 5.82 Å². The number of carbonyl (C=O) groups is 1. The van der Waals surface area contributed by atoms with Crippen molar-refractivity contribution in [1.29, 1.82) is 0 Å². The third-order valence-corrected chi connectivity index (χ3v) is 6.21. The summed E-state index contributed by atoms with van der Waals surface area (Å²) >= 11 is 0. The van der Waals surface area contributed by atoms with Crippen LogP contribution in [0.3, 0.4) is 0 Å². The van der Waals surface area contributed by atoms with Crippen LogP contribution in [0.25, 0.3) is 22.3 Å². The van der Waals surface area contributed by atoms with Gasteiger partial charge in [0.15, 0.2) is 23.6 Å². The Balaban J connectivity index is 1.22. The summed E-state index contributed by atoms with van der Waals surface area (Å²) in [7, 11) is 0. The zero-order valence-electron chi connectivity index (χ0n) is 19.0. The number of benzene rings is 1. The summed E-state index contributed by atoms with van der Waals surface area (Å²) in [6, 6.07) is 10.1. The number of nitrogens with one attached hydrogen (secondary N) is 1. The Hall–Kier alpha value is -3.05. The molecule has 9 nitrogen and oxygen atoms in total. The van der Waals surface area contributed by atoms with Crippen molar-refractivity contribution < 1.29 is 38.3 Å². The van der Waals surface area contributed by atoms with Gasteiger partial charge in [0.1, 0.15) is 36.4 Å². The maximum Gasteiger partial charge on any atom is 0.193 e. The van der Waals surface area contributed by atoms with Gasteiger partial charge in [-0.1, -0.05) is 0 Å². The molecule has 0 bridgehead atoms. The van der Waals surface area contributed by atoms with Crippen molar-refractivity contribution in [2.75, 3.05) is 26.4 Å². The number of rotatable bonds is 10. The molecule has 4 heterocycles. The number of carbonyl (C=O) groups excluding carboxylic acids is 1. The summed E-state index contributed by atoms with van der Waals surface area (Å²) in [5.41, 5.74) is 1.87. The van der Waals surface area contributed by atoms with Crippen LogP contribution in [0.4, 0.5) is 4.39 Å². The van der Waals surface area contributed by atoms with Gasteiger partial charge < -0.3 is 34.1 Å². The summed E-state index contributed by atoms with van der Waals surface area (Å²) in [6.07, 6.45) is -0.0938. The summed E-state index contributed by atoms with van der Waals surface area (Å²) in [4.78, 5) is 18.6. The lowest BCUT2D eigenvalue weighted by molar-refractivity contribution is -0.121. The van der Waals surface area contributed by atoms with Crippen molar-refractivity contribution in [3.05, 3.63) is 42.2 Å². The Morgan fingerprint density at radius 3 is 2.74 bits per heavy atom. The van der Waals surface area contributed by atoms with E-state index in [-0.39, 0.29) is 30.3 Å². The second kappa shape index (κ2) is 10.3. The topological polar surface area (TPSA) is 123 Å². The van der Waals surface area contributed by atoms with Crippen LogP contribution in [0.5, 0.6) is 11.6 Å². The first-order valence-electron chi connectivity index (χ1n) is 11.6. The number of unbranched alkanes of at least 4 members (excludes halogenated alkanes) is 1. The van der Waals surface area contributed by atoms with Crippen molar-refractivity contribution in [3.8, 4) is 22.9 Å². The lowest BCUT2D eigenvalue weighted by Gasteiger charge is -2.16. The second-order valence-electron chi connectivity index (χ2n) is 8.73. The minimum Gasteiger partial charge on any atom is -0.494 e. The number of ketones is 1. The van der Waals surface area contributed by atoms with E-state index in [9.17, 15) is 14.3 Å². The minimum atomic E-state index is -0.658. The van der Waals surface area contributed by atoms with Gasteiger partial charge in [0.2, 0.25) is 0 Å². The largest absolute Gasteiger partial charge is 0.494 e. The van der Waals surface area contributed by atoms with Crippen LogP contribution >= 0.6 is 0 Å². The van der Waals surface area contributed by atoms with E-state index in [1.807, 2.05) is 0 Å². The van der Waals surface area contributed by atoms with Gasteiger partial charge in [-0.05, 0) is 37.1 Å². The number of pyridine rings is 1. The molecule has 2 aliphatic heterocycles. The van der Waals surface area contributed by atoms with Crippen LogP contribution in [-0.2, 0) is 14.3 Å². The molecule has 10 heteroatoms. The first-order valence-corrected chi connectivity index (χ1v) is 11.6. The first kappa shape index (κ1) is 23.7. The van der Waals surface area contributed by atoms with Gasteiger partial charge in [-0.25, -0.2) is 9.37 Å². The molecule has 2 aliphatic rings. The molecule has 2 fully saturated rings. The molecule has 3 aromatic rings. The molecule has 0 aliphatic carbocycles. The third kappa shape index (κ3) is 5.15. The molecule has 1 aromatic carbocycles. The molecule has 0 saturated carbocycles. The van der Waals surface area contributed by atoms with E-state index in [0.717, 1.165) is 0 Å². The van der Waals surface area contributed by atoms with E-state index in [4.69, 9.17) is 24.1 Å². The third-order valence-electron chi connectivity index (χ3n) is 6.21. The van der Waals surface area contributed by atoms with Crippen LogP contribution in [0.15, 0.2) is 36.4 Å². The maximum atomic E-state index is 14.9. The monoisotopic (exact) mass is 486 g/mol. The highest BCUT2D eigenvalue weighted by molar-refractivity contribution is 5.81. The molecule has 2 aromatic heterocycles. The number of ether oxygens (including phenoxy) is 4. The summed E-state index contributed by atoms with van der Waals surface area (Å²) in [5, 5.41) is 18.6. The number of halogens is 1. The highest BCUT2D eigenvalue weighted by atomic mass is 19.1. The van der Waals surface area contributed by atoms with E-state index in [1.165, 1.54) is 6.07 Å². The number of fused-ring (bicyclic) bond motifs is 2. The number of Topliss-reactive ketones (excluding diaryl/α,β-unsaturated/α-hetero) is 1. The average Bonchev–Trinajstić information content (AvgIpc) is 3.55. The fourth-order valence-corrected chi connectivity index (χ4v) is 4.38. The Morgan fingerprint density at radius 1 is 1.14 bits per heavy atom. The fraction of sp³-hybridized carbons (Fsp3) is 0.440. The van der Waals surface area contributed by atoms with Crippen molar-refractivity contribution in [3.63, 3.8) is 0 Å². The van der Waals surface area contributed by atoms with Gasteiger partial charge >= 0.3 is 0 Å². The van der Waals surface area contributed by atoms with Crippen molar-refractivity contribution in [1.82, 2.24) is 9.97 Å². The molecular weight excluding hydrogens is 459 g/mol. The van der Waals surface area contributed by atoms with Crippen LogP contribution < -0.4 is 9.47 Å². The quantitative estimate of drug-likeness (QED) is 0.374. The average molecular weight is 486 g/mol. The van der Waals surface area contributed by atoms with Crippen molar-refractivity contribution in [2.45, 2.75) is 43.7 Å². The molecule has 0 amide bonds. The summed E-state index contributed by atoms with van der Waals surface area (Å²) < 4.78 is 37.7. The SMILES string of the molecule is O=C(CO)CCCCOc1ccc(-c2nc3cc(O[C@@H]4CO[C@H]5[C@@H]4OC[C@H]5O)[nH]c3cc2F)cc1. The second-order valence-corrected chi connectivity index (χ2v) is 8.73. The predicted molar refractivity (Wildman–Crippen MR) is 123 cm³/mol. The lowest BCUT2D eigenvalue weighted by atomic mass is 10.1. The zero-order valence-corrected chi connectivity index (χ0v) is 19.0. The van der Waals surface area contributed by atoms with Gasteiger partial charge in [0.25, 0.3) is 0 Å². The molecule has 0 radical (unpaired) electrons. The van der Waals surface area contributed by atoms with Gasteiger partial charge in [0, 0.05) is 24.1 Å². The number of hydrogen-bond acceptors (Lipinski definition) is 8. The van der Waals surface area contributed by atoms with Gasteiger partial charge in [0.05, 0.1) is 30.9 Å². The molecule has 0 spiro atoms. The van der Waals surface area contributed by atoms with Crippen molar-refractivity contribution >= 4 is 16.8 Å². The van der Waals surface area contributed by atoms with Crippen LogP contribution in [-0.4, -0.2) is 76.8 Å². The molecule has 2 saturated heterocycles. The van der Waals surface area contributed by atoms with E-state index >= 15 is 0 Å². The number of aromatic nitrogens is 2. The summed E-state index contributed by atoms with van der Waals surface area (Å²) in [5.74, 6) is 0.413. The Morgan fingerprint density at radius 2 is 1.94 bits per heavy atom. The number of nitrogens with zero attached hydrogens (tertiary/aromatic N) is 1. The molecule has 0 unspecified atom stereocenters. The highest BCUT2D eigenvalue weighted by Crippen LogP contribution is 2.32. The maximum absolute atomic E-state index is 14.9. The van der Waals surface area contributed by atoms with E-state index in [2.05, 4.69) is 9.97 Å². The molecule has 4 atom stereocenters. The van der Waals surface area contributed by atoms with Crippen LogP contribution in [0.1, 0.15) is 19.3 Å². The smallest absolute Gasteiger partial charge is 0.193 e. The Bertz CT molecular complexity index is 1180. The number of hydrogen-bond donors (Lipinski definition) is 3.